The topological polar surface area (TPSA) is 38.7 Å². The first-order valence-electron chi connectivity index (χ1n) is 4.60. The first-order valence-corrected chi connectivity index (χ1v) is 5.72. The highest BCUT2D eigenvalue weighted by Gasteiger charge is 2.04. The monoisotopic (exact) mass is 263 g/mol. The molecule has 0 saturated heterocycles. The molecule has 0 aliphatic carbocycles. The van der Waals surface area contributed by atoms with E-state index in [4.69, 9.17) is 0 Å². The van der Waals surface area contributed by atoms with Gasteiger partial charge in [-0.15, -0.1) is 0 Å². The maximum atomic E-state index is 4.44. The summed E-state index contributed by atoms with van der Waals surface area (Å²) < 4.78 is 0. The molecule has 0 N–H and O–H groups in total. The molecule has 0 amide bonds. The molecule has 0 bridgehead atoms. The molecule has 0 aliphatic heterocycles. The lowest BCUT2D eigenvalue weighted by Gasteiger charge is -2.04. The first kappa shape index (κ1) is 10.2. The lowest BCUT2D eigenvalue weighted by Crippen LogP contribution is -1.94. The zero-order chi connectivity index (χ0) is 10.7. The SMILES string of the molecule is Cc1cnccc1-c1nccc(CBr)n1. The van der Waals surface area contributed by atoms with E-state index in [1.807, 2.05) is 25.3 Å². The van der Waals surface area contributed by atoms with Gasteiger partial charge in [-0.1, -0.05) is 15.9 Å². The van der Waals surface area contributed by atoms with Gasteiger partial charge in [0, 0.05) is 29.5 Å². The third kappa shape index (κ3) is 2.21. The van der Waals surface area contributed by atoms with E-state index in [0.717, 1.165) is 28.0 Å². The molecule has 2 rings (SSSR count). The molecule has 0 spiro atoms. The molecular formula is C11H10BrN3. The van der Waals surface area contributed by atoms with E-state index in [1.54, 1.807) is 12.4 Å². The second-order valence-corrected chi connectivity index (χ2v) is 3.76. The number of aromatic nitrogens is 3. The second kappa shape index (κ2) is 4.49. The van der Waals surface area contributed by atoms with Crippen LogP contribution < -0.4 is 0 Å². The number of aryl methyl sites for hydroxylation is 1. The molecule has 76 valence electrons. The summed E-state index contributed by atoms with van der Waals surface area (Å²) >= 11 is 3.38. The minimum absolute atomic E-state index is 0.743. The van der Waals surface area contributed by atoms with Crippen molar-refractivity contribution < 1.29 is 0 Å². The van der Waals surface area contributed by atoms with Crippen LogP contribution in [-0.4, -0.2) is 15.0 Å². The highest BCUT2D eigenvalue weighted by molar-refractivity contribution is 9.08. The minimum atomic E-state index is 0.743. The standard InChI is InChI=1S/C11H10BrN3/c1-8-7-13-4-3-10(8)11-14-5-2-9(6-12)15-11/h2-5,7H,6H2,1H3. The van der Waals surface area contributed by atoms with Gasteiger partial charge in [-0.2, -0.15) is 0 Å². The Morgan fingerprint density at radius 1 is 1.27 bits per heavy atom. The normalized spacial score (nSPS) is 10.3. The number of rotatable bonds is 2. The molecule has 2 heterocycles. The van der Waals surface area contributed by atoms with Crippen molar-refractivity contribution in [2.24, 2.45) is 0 Å². The summed E-state index contributed by atoms with van der Waals surface area (Å²) in [5.74, 6) is 0.756. The van der Waals surface area contributed by atoms with Crippen LogP contribution in [0.1, 0.15) is 11.3 Å². The van der Waals surface area contributed by atoms with Crippen molar-refractivity contribution in [2.45, 2.75) is 12.3 Å². The van der Waals surface area contributed by atoms with Crippen molar-refractivity contribution in [3.05, 3.63) is 42.0 Å². The van der Waals surface area contributed by atoms with E-state index in [9.17, 15) is 0 Å². The van der Waals surface area contributed by atoms with Crippen molar-refractivity contribution in [1.29, 1.82) is 0 Å². The van der Waals surface area contributed by atoms with E-state index < -0.39 is 0 Å². The predicted molar refractivity (Wildman–Crippen MR) is 62.6 cm³/mol. The first-order chi connectivity index (χ1) is 7.31. The summed E-state index contributed by atoms with van der Waals surface area (Å²) in [6, 6.07) is 3.83. The lowest BCUT2D eigenvalue weighted by molar-refractivity contribution is 1.09. The van der Waals surface area contributed by atoms with Crippen LogP contribution >= 0.6 is 15.9 Å². The lowest BCUT2D eigenvalue weighted by atomic mass is 10.1. The quantitative estimate of drug-likeness (QED) is 0.783. The van der Waals surface area contributed by atoms with Gasteiger partial charge in [0.05, 0.1) is 5.69 Å². The smallest absolute Gasteiger partial charge is 0.159 e. The molecule has 0 fully saturated rings. The maximum absolute atomic E-state index is 4.44. The number of halogens is 1. The third-order valence-electron chi connectivity index (χ3n) is 2.11. The minimum Gasteiger partial charge on any atom is -0.264 e. The Morgan fingerprint density at radius 2 is 2.13 bits per heavy atom. The molecule has 0 unspecified atom stereocenters. The van der Waals surface area contributed by atoms with Gasteiger partial charge < -0.3 is 0 Å². The Morgan fingerprint density at radius 3 is 2.87 bits per heavy atom. The predicted octanol–water partition coefficient (Wildman–Crippen LogP) is 2.74. The second-order valence-electron chi connectivity index (χ2n) is 3.20. The van der Waals surface area contributed by atoms with Gasteiger partial charge in [0.15, 0.2) is 5.82 Å². The van der Waals surface area contributed by atoms with Gasteiger partial charge in [0.1, 0.15) is 0 Å². The van der Waals surface area contributed by atoms with Crippen molar-refractivity contribution in [2.75, 3.05) is 0 Å². The van der Waals surface area contributed by atoms with E-state index in [2.05, 4.69) is 30.9 Å². The van der Waals surface area contributed by atoms with Gasteiger partial charge in [-0.25, -0.2) is 9.97 Å². The Hall–Kier alpha value is -1.29. The largest absolute Gasteiger partial charge is 0.264 e. The number of hydrogen-bond donors (Lipinski definition) is 0. The van der Waals surface area contributed by atoms with Crippen LogP contribution in [0.5, 0.6) is 0 Å². The Balaban J connectivity index is 2.49. The number of alkyl halides is 1. The molecule has 2 aromatic heterocycles. The summed E-state index contributed by atoms with van der Waals surface area (Å²) in [7, 11) is 0. The number of pyridine rings is 1. The molecule has 15 heavy (non-hydrogen) atoms. The Kier molecular flexibility index (Phi) is 3.06. The fourth-order valence-corrected chi connectivity index (χ4v) is 1.64. The van der Waals surface area contributed by atoms with E-state index >= 15 is 0 Å². The van der Waals surface area contributed by atoms with E-state index in [-0.39, 0.29) is 0 Å². The molecular weight excluding hydrogens is 254 g/mol. The molecule has 0 aliphatic rings. The molecule has 4 heteroatoms. The molecule has 0 radical (unpaired) electrons. The van der Waals surface area contributed by atoms with Gasteiger partial charge >= 0.3 is 0 Å². The summed E-state index contributed by atoms with van der Waals surface area (Å²) in [5, 5.41) is 0.743. The van der Waals surface area contributed by atoms with Crippen molar-refractivity contribution in [3.63, 3.8) is 0 Å². The number of hydrogen-bond acceptors (Lipinski definition) is 3. The highest BCUT2D eigenvalue weighted by atomic mass is 79.9. The fraction of sp³-hybridized carbons (Fsp3) is 0.182. The summed E-state index contributed by atoms with van der Waals surface area (Å²) in [6.07, 6.45) is 5.35. The van der Waals surface area contributed by atoms with Crippen molar-refractivity contribution >= 4 is 15.9 Å². The van der Waals surface area contributed by atoms with Crippen LogP contribution in [0.15, 0.2) is 30.7 Å². The Bertz CT molecular complexity index is 471. The summed E-state index contributed by atoms with van der Waals surface area (Å²) in [5.41, 5.74) is 3.10. The zero-order valence-corrected chi connectivity index (χ0v) is 9.90. The van der Waals surface area contributed by atoms with Gasteiger partial charge in [0.25, 0.3) is 0 Å². The Labute approximate surface area is 96.7 Å². The van der Waals surface area contributed by atoms with Crippen LogP contribution in [0.25, 0.3) is 11.4 Å². The molecule has 0 aromatic carbocycles. The van der Waals surface area contributed by atoms with Crippen LogP contribution in [0.4, 0.5) is 0 Å². The average Bonchev–Trinajstić information content (AvgIpc) is 2.30. The van der Waals surface area contributed by atoms with Crippen molar-refractivity contribution in [3.8, 4) is 11.4 Å². The van der Waals surface area contributed by atoms with Crippen LogP contribution in [0, 0.1) is 6.92 Å². The zero-order valence-electron chi connectivity index (χ0n) is 8.31. The molecule has 2 aromatic rings. The van der Waals surface area contributed by atoms with E-state index in [1.165, 1.54) is 0 Å². The third-order valence-corrected chi connectivity index (χ3v) is 2.69. The molecule has 0 saturated carbocycles. The van der Waals surface area contributed by atoms with E-state index in [0.29, 0.717) is 0 Å². The number of nitrogens with zero attached hydrogens (tertiary/aromatic N) is 3. The summed E-state index contributed by atoms with van der Waals surface area (Å²) in [6.45, 7) is 2.01. The van der Waals surface area contributed by atoms with Gasteiger partial charge in [-0.3, -0.25) is 4.98 Å². The van der Waals surface area contributed by atoms with Gasteiger partial charge in [-0.05, 0) is 24.6 Å². The molecule has 3 nitrogen and oxygen atoms in total. The van der Waals surface area contributed by atoms with Crippen LogP contribution in [0.3, 0.4) is 0 Å². The van der Waals surface area contributed by atoms with Crippen LogP contribution in [-0.2, 0) is 5.33 Å². The average molecular weight is 264 g/mol. The highest BCUT2D eigenvalue weighted by Crippen LogP contribution is 2.18. The maximum Gasteiger partial charge on any atom is 0.159 e. The van der Waals surface area contributed by atoms with Crippen LogP contribution in [0.2, 0.25) is 0 Å². The van der Waals surface area contributed by atoms with Gasteiger partial charge in [0.2, 0.25) is 0 Å². The summed E-state index contributed by atoms with van der Waals surface area (Å²) in [4.78, 5) is 12.7. The fourth-order valence-electron chi connectivity index (χ4n) is 1.32. The molecule has 0 atom stereocenters. The van der Waals surface area contributed by atoms with Crippen molar-refractivity contribution in [1.82, 2.24) is 15.0 Å².